The summed E-state index contributed by atoms with van der Waals surface area (Å²) >= 11 is 0. The number of piperidine rings is 1. The van der Waals surface area contributed by atoms with Gasteiger partial charge in [0, 0.05) is 24.6 Å². The van der Waals surface area contributed by atoms with Crippen LogP contribution < -0.4 is 10.1 Å². The van der Waals surface area contributed by atoms with E-state index in [0.717, 1.165) is 11.3 Å². The van der Waals surface area contributed by atoms with Crippen LogP contribution in [0, 0.1) is 12.8 Å². The second kappa shape index (κ2) is 10.1. The molecule has 1 aliphatic rings. The third-order valence-corrected chi connectivity index (χ3v) is 7.33. The van der Waals surface area contributed by atoms with Crippen molar-refractivity contribution in [2.45, 2.75) is 31.6 Å². The maximum atomic E-state index is 12.8. The molecule has 1 heterocycles. The van der Waals surface area contributed by atoms with Crippen molar-refractivity contribution < 1.29 is 22.7 Å². The molecular weight excluding hydrogens is 416 g/mol. The maximum absolute atomic E-state index is 12.8. The molecule has 1 amide bonds. The lowest BCUT2D eigenvalue weighted by atomic mass is 9.97. The monoisotopic (exact) mass is 444 g/mol. The van der Waals surface area contributed by atoms with E-state index in [2.05, 4.69) is 5.32 Å². The number of ether oxygens (including phenoxy) is 1. The number of hydrogen-bond acceptors (Lipinski definition) is 5. The normalized spacial score (nSPS) is 15.4. The highest BCUT2D eigenvalue weighted by Crippen LogP contribution is 2.24. The minimum absolute atomic E-state index is 0.0737. The SMILES string of the molecule is CC(=O)c1ccc(S(=O)(=O)N2CCC(C(=O)NCCOc3ccc(C)cc3)CC2)cc1. The molecule has 2 aromatic rings. The predicted octanol–water partition coefficient (Wildman–Crippen LogP) is 2.79. The number of benzene rings is 2. The van der Waals surface area contributed by atoms with Gasteiger partial charge in [-0.1, -0.05) is 29.8 Å². The van der Waals surface area contributed by atoms with E-state index < -0.39 is 10.0 Å². The molecule has 1 fully saturated rings. The number of hydrogen-bond donors (Lipinski definition) is 1. The highest BCUT2D eigenvalue weighted by molar-refractivity contribution is 7.89. The minimum Gasteiger partial charge on any atom is -0.492 e. The van der Waals surface area contributed by atoms with E-state index in [4.69, 9.17) is 4.74 Å². The molecule has 8 heteroatoms. The summed E-state index contributed by atoms with van der Waals surface area (Å²) in [6.45, 7) is 4.79. The summed E-state index contributed by atoms with van der Waals surface area (Å²) in [6, 6.07) is 13.7. The van der Waals surface area contributed by atoms with Crippen molar-refractivity contribution in [3.63, 3.8) is 0 Å². The van der Waals surface area contributed by atoms with Crippen molar-refractivity contribution in [3.8, 4) is 5.75 Å². The van der Waals surface area contributed by atoms with E-state index in [0.29, 0.717) is 31.6 Å². The van der Waals surface area contributed by atoms with E-state index in [9.17, 15) is 18.0 Å². The maximum Gasteiger partial charge on any atom is 0.243 e. The predicted molar refractivity (Wildman–Crippen MR) is 118 cm³/mol. The molecule has 0 spiro atoms. The summed E-state index contributed by atoms with van der Waals surface area (Å²) < 4.78 is 32.7. The Kier molecular flexibility index (Phi) is 7.46. The molecule has 166 valence electrons. The van der Waals surface area contributed by atoms with Gasteiger partial charge < -0.3 is 10.1 Å². The van der Waals surface area contributed by atoms with E-state index in [1.165, 1.54) is 35.5 Å². The van der Waals surface area contributed by atoms with E-state index in [1.54, 1.807) is 0 Å². The zero-order valence-corrected chi connectivity index (χ0v) is 18.7. The van der Waals surface area contributed by atoms with Crippen LogP contribution in [-0.4, -0.2) is 50.7 Å². The van der Waals surface area contributed by atoms with Crippen LogP contribution in [0.5, 0.6) is 5.75 Å². The second-order valence-corrected chi connectivity index (χ2v) is 9.65. The number of Topliss-reactive ketones (excluding diaryl/α,β-unsaturated/α-hetero) is 1. The van der Waals surface area contributed by atoms with Crippen LogP contribution >= 0.6 is 0 Å². The van der Waals surface area contributed by atoms with E-state index >= 15 is 0 Å². The van der Waals surface area contributed by atoms with Crippen molar-refractivity contribution in [2.75, 3.05) is 26.2 Å². The molecule has 0 atom stereocenters. The Hall–Kier alpha value is -2.71. The van der Waals surface area contributed by atoms with Crippen molar-refractivity contribution in [3.05, 3.63) is 59.7 Å². The topological polar surface area (TPSA) is 92.8 Å². The van der Waals surface area contributed by atoms with Crippen molar-refractivity contribution >= 4 is 21.7 Å². The lowest BCUT2D eigenvalue weighted by molar-refractivity contribution is -0.126. The number of rotatable bonds is 8. The zero-order chi connectivity index (χ0) is 22.4. The molecule has 1 N–H and O–H groups in total. The largest absolute Gasteiger partial charge is 0.492 e. The standard InChI is InChI=1S/C23H28N2O5S/c1-17-3-7-21(8-4-17)30-16-13-24-23(27)20-11-14-25(15-12-20)31(28,29)22-9-5-19(6-10-22)18(2)26/h3-10,20H,11-16H2,1-2H3,(H,24,27). The highest BCUT2D eigenvalue weighted by atomic mass is 32.2. The van der Waals surface area contributed by atoms with Crippen LogP contribution in [0.15, 0.2) is 53.4 Å². The van der Waals surface area contributed by atoms with Gasteiger partial charge in [-0.15, -0.1) is 0 Å². The lowest BCUT2D eigenvalue weighted by Crippen LogP contribution is -2.43. The van der Waals surface area contributed by atoms with Crippen LogP contribution in [0.2, 0.25) is 0 Å². The van der Waals surface area contributed by atoms with Crippen LogP contribution in [0.25, 0.3) is 0 Å². The Morgan fingerprint density at radius 1 is 1.03 bits per heavy atom. The van der Waals surface area contributed by atoms with Gasteiger partial charge in [-0.2, -0.15) is 4.31 Å². The fraction of sp³-hybridized carbons (Fsp3) is 0.391. The van der Waals surface area contributed by atoms with Crippen molar-refractivity contribution in [1.82, 2.24) is 9.62 Å². The lowest BCUT2D eigenvalue weighted by Gasteiger charge is -2.30. The van der Waals surface area contributed by atoms with Gasteiger partial charge in [0.15, 0.2) is 5.78 Å². The van der Waals surface area contributed by atoms with Crippen LogP contribution in [0.3, 0.4) is 0 Å². The number of sulfonamides is 1. The third-order valence-electron chi connectivity index (χ3n) is 5.41. The third kappa shape index (κ3) is 5.92. The number of nitrogens with one attached hydrogen (secondary N) is 1. The Balaban J connectivity index is 1.45. The number of ketones is 1. The van der Waals surface area contributed by atoms with Gasteiger partial charge in [0.05, 0.1) is 11.4 Å². The van der Waals surface area contributed by atoms with E-state index in [-0.39, 0.29) is 35.6 Å². The van der Waals surface area contributed by atoms with Gasteiger partial charge in [0.25, 0.3) is 0 Å². The molecule has 0 radical (unpaired) electrons. The number of aryl methyl sites for hydroxylation is 1. The molecular formula is C23H28N2O5S. The van der Waals surface area contributed by atoms with E-state index in [1.807, 2.05) is 31.2 Å². The number of nitrogens with zero attached hydrogens (tertiary/aromatic N) is 1. The van der Waals surface area contributed by atoms with Crippen LogP contribution in [0.1, 0.15) is 35.7 Å². The summed E-state index contributed by atoms with van der Waals surface area (Å²) in [6.07, 6.45) is 0.935. The Morgan fingerprint density at radius 3 is 2.23 bits per heavy atom. The molecule has 7 nitrogen and oxygen atoms in total. The first-order valence-electron chi connectivity index (χ1n) is 10.4. The Labute approximate surface area is 183 Å². The first kappa shape index (κ1) is 23.0. The highest BCUT2D eigenvalue weighted by Gasteiger charge is 2.32. The van der Waals surface area contributed by atoms with Crippen molar-refractivity contribution in [2.24, 2.45) is 5.92 Å². The summed E-state index contributed by atoms with van der Waals surface area (Å²) in [5.41, 5.74) is 1.63. The average Bonchev–Trinajstić information content (AvgIpc) is 2.78. The summed E-state index contributed by atoms with van der Waals surface area (Å²) in [5, 5.41) is 2.87. The second-order valence-electron chi connectivity index (χ2n) is 7.71. The number of carbonyl (C=O) groups excluding carboxylic acids is 2. The van der Waals surface area contributed by atoms with Crippen molar-refractivity contribution in [1.29, 1.82) is 0 Å². The molecule has 3 rings (SSSR count). The quantitative estimate of drug-likeness (QED) is 0.499. The Morgan fingerprint density at radius 2 is 1.65 bits per heavy atom. The Bertz CT molecular complexity index is 1010. The minimum atomic E-state index is -3.64. The molecule has 0 unspecified atom stereocenters. The average molecular weight is 445 g/mol. The first-order chi connectivity index (χ1) is 14.8. The molecule has 1 aliphatic heterocycles. The van der Waals surface area contributed by atoms with Gasteiger partial charge in [-0.3, -0.25) is 9.59 Å². The van der Waals surface area contributed by atoms with Crippen LogP contribution in [-0.2, 0) is 14.8 Å². The fourth-order valence-corrected chi connectivity index (χ4v) is 4.96. The van der Waals surface area contributed by atoms with Gasteiger partial charge in [-0.25, -0.2) is 8.42 Å². The summed E-state index contributed by atoms with van der Waals surface area (Å²) in [4.78, 5) is 24.0. The smallest absolute Gasteiger partial charge is 0.243 e. The van der Waals surface area contributed by atoms with Crippen LogP contribution in [0.4, 0.5) is 0 Å². The summed E-state index contributed by atoms with van der Waals surface area (Å²) in [7, 11) is -3.64. The van der Waals surface area contributed by atoms with Gasteiger partial charge in [0.2, 0.25) is 15.9 Å². The molecule has 0 bridgehead atoms. The first-order valence-corrected chi connectivity index (χ1v) is 11.8. The molecule has 31 heavy (non-hydrogen) atoms. The fourth-order valence-electron chi connectivity index (χ4n) is 3.49. The number of amides is 1. The number of carbonyl (C=O) groups is 2. The molecule has 0 aromatic heterocycles. The summed E-state index contributed by atoms with van der Waals surface area (Å²) in [5.74, 6) is 0.357. The molecule has 0 aliphatic carbocycles. The molecule has 2 aromatic carbocycles. The van der Waals surface area contributed by atoms with Gasteiger partial charge in [-0.05, 0) is 51.0 Å². The van der Waals surface area contributed by atoms with Gasteiger partial charge in [0.1, 0.15) is 12.4 Å². The zero-order valence-electron chi connectivity index (χ0n) is 17.8. The molecule has 0 saturated carbocycles. The van der Waals surface area contributed by atoms with Gasteiger partial charge >= 0.3 is 0 Å². The molecule has 1 saturated heterocycles.